The van der Waals surface area contributed by atoms with Gasteiger partial charge in [-0.2, -0.15) is 4.31 Å². The Bertz CT molecular complexity index is 760. The number of aryl methyl sites for hydroxylation is 1. The minimum absolute atomic E-state index is 0.265. The molecule has 112 valence electrons. The monoisotopic (exact) mass is 431 g/mol. The van der Waals surface area contributed by atoms with Gasteiger partial charge in [0.1, 0.15) is 0 Å². The first-order valence-corrected chi connectivity index (χ1v) is 9.30. The second-order valence-electron chi connectivity index (χ2n) is 4.82. The Morgan fingerprint density at radius 2 is 1.81 bits per heavy atom. The molecule has 21 heavy (non-hydrogen) atoms. The van der Waals surface area contributed by atoms with Crippen molar-refractivity contribution < 1.29 is 8.42 Å². The predicted molar refractivity (Wildman–Crippen MR) is 91.7 cm³/mol. The average Bonchev–Trinajstić information content (AvgIpc) is 2.38. The molecule has 0 N–H and O–H groups in total. The van der Waals surface area contributed by atoms with Gasteiger partial charge >= 0.3 is 0 Å². The number of benzene rings is 2. The first kappa shape index (κ1) is 16.7. The van der Waals surface area contributed by atoms with Gasteiger partial charge in [0.05, 0.1) is 4.90 Å². The van der Waals surface area contributed by atoms with Gasteiger partial charge in [-0.05, 0) is 46.6 Å². The van der Waals surface area contributed by atoms with Gasteiger partial charge in [-0.1, -0.05) is 45.8 Å². The lowest BCUT2D eigenvalue weighted by Gasteiger charge is -2.18. The molecule has 6 heteroatoms. The minimum atomic E-state index is -3.53. The number of hydrogen-bond donors (Lipinski definition) is 0. The fraction of sp³-hybridized carbons (Fsp3) is 0.200. The fourth-order valence-corrected chi connectivity index (χ4v) is 4.87. The molecule has 0 fully saturated rings. The van der Waals surface area contributed by atoms with E-state index in [1.165, 1.54) is 4.31 Å². The molecule has 0 spiro atoms. The molecular weight excluding hydrogens is 418 g/mol. The second-order valence-corrected chi connectivity index (χ2v) is 8.61. The van der Waals surface area contributed by atoms with Crippen molar-refractivity contribution in [1.29, 1.82) is 0 Å². The molecule has 3 nitrogen and oxygen atoms in total. The maximum absolute atomic E-state index is 12.6. The molecule has 0 aliphatic carbocycles. The van der Waals surface area contributed by atoms with E-state index in [-0.39, 0.29) is 4.90 Å². The van der Waals surface area contributed by atoms with Crippen LogP contribution in [-0.4, -0.2) is 19.8 Å². The molecule has 0 bridgehead atoms. The smallest absolute Gasteiger partial charge is 0.207 e. The van der Waals surface area contributed by atoms with E-state index in [0.29, 0.717) is 11.0 Å². The Balaban J connectivity index is 2.30. The summed E-state index contributed by atoms with van der Waals surface area (Å²) in [5.41, 5.74) is 2.08. The second kappa shape index (κ2) is 6.60. The van der Waals surface area contributed by atoms with Gasteiger partial charge in [-0.15, -0.1) is 0 Å². The van der Waals surface area contributed by atoms with Crippen molar-refractivity contribution in [1.82, 2.24) is 4.31 Å². The maximum Gasteiger partial charge on any atom is 0.244 e. The minimum Gasteiger partial charge on any atom is -0.207 e. The molecule has 0 unspecified atom stereocenters. The van der Waals surface area contributed by atoms with Crippen molar-refractivity contribution in [3.05, 3.63) is 62.5 Å². The van der Waals surface area contributed by atoms with Crippen LogP contribution in [0.15, 0.2) is 56.3 Å². The molecule has 0 saturated carbocycles. The zero-order valence-corrected chi connectivity index (χ0v) is 15.7. The van der Waals surface area contributed by atoms with Gasteiger partial charge in [0.2, 0.25) is 10.0 Å². The summed E-state index contributed by atoms with van der Waals surface area (Å²) in [5.74, 6) is 0. The van der Waals surface area contributed by atoms with Gasteiger partial charge in [0.15, 0.2) is 0 Å². The Morgan fingerprint density at radius 3 is 2.43 bits per heavy atom. The summed E-state index contributed by atoms with van der Waals surface area (Å²) >= 11 is 6.64. The van der Waals surface area contributed by atoms with E-state index in [4.69, 9.17) is 0 Å². The topological polar surface area (TPSA) is 37.4 Å². The molecule has 2 aromatic rings. The van der Waals surface area contributed by atoms with Crippen LogP contribution in [0.2, 0.25) is 0 Å². The van der Waals surface area contributed by atoms with E-state index >= 15 is 0 Å². The summed E-state index contributed by atoms with van der Waals surface area (Å²) in [4.78, 5) is 0.265. The van der Waals surface area contributed by atoms with Gasteiger partial charge in [-0.3, -0.25) is 0 Å². The molecular formula is C15H15Br2NO2S. The van der Waals surface area contributed by atoms with Crippen molar-refractivity contribution in [2.75, 3.05) is 7.05 Å². The number of nitrogens with zero attached hydrogens (tertiary/aromatic N) is 1. The van der Waals surface area contributed by atoms with Crippen LogP contribution >= 0.6 is 31.9 Å². The van der Waals surface area contributed by atoms with Crippen molar-refractivity contribution in [3.63, 3.8) is 0 Å². The first-order chi connectivity index (χ1) is 9.80. The lowest BCUT2D eigenvalue weighted by molar-refractivity contribution is 0.466. The molecule has 0 amide bonds. The van der Waals surface area contributed by atoms with Crippen LogP contribution in [0.3, 0.4) is 0 Å². The third-order valence-corrected chi connectivity index (χ3v) is 6.34. The van der Waals surface area contributed by atoms with Crippen LogP contribution in [0.1, 0.15) is 11.1 Å². The van der Waals surface area contributed by atoms with Gasteiger partial charge in [0, 0.05) is 22.5 Å². The molecule has 0 aliphatic rings. The SMILES string of the molecule is Cc1cccc(CN(C)S(=O)(=O)c2ccc(Br)cc2Br)c1. The fourth-order valence-electron chi connectivity index (χ4n) is 2.00. The van der Waals surface area contributed by atoms with Crippen LogP contribution < -0.4 is 0 Å². The number of halogens is 2. The Labute approximate surface area is 142 Å². The van der Waals surface area contributed by atoms with Crippen LogP contribution in [-0.2, 0) is 16.6 Å². The van der Waals surface area contributed by atoms with Crippen molar-refractivity contribution in [3.8, 4) is 0 Å². The lowest BCUT2D eigenvalue weighted by atomic mass is 10.1. The van der Waals surface area contributed by atoms with Crippen LogP contribution in [0, 0.1) is 6.92 Å². The molecule has 2 rings (SSSR count). The normalized spacial score (nSPS) is 11.9. The van der Waals surface area contributed by atoms with E-state index < -0.39 is 10.0 Å². The van der Waals surface area contributed by atoms with Crippen molar-refractivity contribution >= 4 is 41.9 Å². The highest BCUT2D eigenvalue weighted by molar-refractivity contribution is 9.11. The summed E-state index contributed by atoms with van der Waals surface area (Å²) in [5, 5.41) is 0. The average molecular weight is 433 g/mol. The summed E-state index contributed by atoms with van der Waals surface area (Å²) in [6.45, 7) is 2.33. The van der Waals surface area contributed by atoms with E-state index in [1.807, 2.05) is 31.2 Å². The predicted octanol–water partition coefficient (Wildman–Crippen LogP) is 4.34. The Morgan fingerprint density at radius 1 is 1.10 bits per heavy atom. The molecule has 2 aromatic carbocycles. The number of hydrogen-bond acceptors (Lipinski definition) is 2. The summed E-state index contributed by atoms with van der Waals surface area (Å²) in [6.07, 6.45) is 0. The third kappa shape index (κ3) is 3.94. The third-order valence-electron chi connectivity index (χ3n) is 3.07. The lowest BCUT2D eigenvalue weighted by Crippen LogP contribution is -2.26. The summed E-state index contributed by atoms with van der Waals surface area (Å²) in [6, 6.07) is 12.9. The molecule has 0 radical (unpaired) electrons. The van der Waals surface area contributed by atoms with E-state index in [1.54, 1.807) is 25.2 Å². The molecule has 0 heterocycles. The van der Waals surface area contributed by atoms with Crippen LogP contribution in [0.25, 0.3) is 0 Å². The van der Waals surface area contributed by atoms with E-state index in [9.17, 15) is 8.42 Å². The Hall–Kier alpha value is -0.690. The summed E-state index contributed by atoms with van der Waals surface area (Å²) in [7, 11) is -1.94. The van der Waals surface area contributed by atoms with Crippen molar-refractivity contribution in [2.24, 2.45) is 0 Å². The largest absolute Gasteiger partial charge is 0.244 e. The van der Waals surface area contributed by atoms with Gasteiger partial charge in [-0.25, -0.2) is 8.42 Å². The van der Waals surface area contributed by atoms with E-state index in [0.717, 1.165) is 15.6 Å². The summed E-state index contributed by atoms with van der Waals surface area (Å²) < 4.78 is 28.0. The zero-order valence-electron chi connectivity index (χ0n) is 11.7. The first-order valence-electron chi connectivity index (χ1n) is 6.27. The quantitative estimate of drug-likeness (QED) is 0.720. The zero-order chi connectivity index (χ0) is 15.6. The molecule has 0 aliphatic heterocycles. The Kier molecular flexibility index (Phi) is 5.24. The maximum atomic E-state index is 12.6. The highest BCUT2D eigenvalue weighted by Gasteiger charge is 2.23. The molecule has 0 atom stereocenters. The standard InChI is InChI=1S/C15H15Br2NO2S/c1-11-4-3-5-12(8-11)10-18(2)21(19,20)15-7-6-13(16)9-14(15)17/h3-9H,10H2,1-2H3. The van der Waals surface area contributed by atoms with Crippen LogP contribution in [0.5, 0.6) is 0 Å². The number of rotatable bonds is 4. The van der Waals surface area contributed by atoms with Crippen molar-refractivity contribution in [2.45, 2.75) is 18.4 Å². The molecule has 0 aromatic heterocycles. The van der Waals surface area contributed by atoms with Gasteiger partial charge < -0.3 is 0 Å². The van der Waals surface area contributed by atoms with Gasteiger partial charge in [0.25, 0.3) is 0 Å². The van der Waals surface area contributed by atoms with Crippen LogP contribution in [0.4, 0.5) is 0 Å². The number of sulfonamides is 1. The highest BCUT2D eigenvalue weighted by atomic mass is 79.9. The van der Waals surface area contributed by atoms with E-state index in [2.05, 4.69) is 31.9 Å². The molecule has 0 saturated heterocycles. The highest BCUT2D eigenvalue weighted by Crippen LogP contribution is 2.28.